The summed E-state index contributed by atoms with van der Waals surface area (Å²) in [5, 5.41) is 0. The number of hydrogen-bond acceptors (Lipinski definition) is 3. The highest BCUT2D eigenvalue weighted by Gasteiger charge is 2.52. The molecule has 0 unspecified atom stereocenters. The second-order valence-electron chi connectivity index (χ2n) is 6.21. The van der Waals surface area contributed by atoms with Gasteiger partial charge >= 0.3 is 0 Å². The third-order valence-corrected chi connectivity index (χ3v) is 4.78. The van der Waals surface area contributed by atoms with Gasteiger partial charge < -0.3 is 14.2 Å². The van der Waals surface area contributed by atoms with Crippen molar-refractivity contribution in [3.63, 3.8) is 0 Å². The molecule has 3 heteroatoms. The quantitative estimate of drug-likeness (QED) is 0.840. The summed E-state index contributed by atoms with van der Waals surface area (Å²) in [5.74, 6) is -0.362. The number of ether oxygens (including phenoxy) is 3. The van der Waals surface area contributed by atoms with Gasteiger partial charge in [-0.1, -0.05) is 30.3 Å². The van der Waals surface area contributed by atoms with E-state index in [1.54, 1.807) is 7.11 Å². The Balaban J connectivity index is 1.66. The minimum Gasteiger partial charge on any atom is -0.371 e. The fraction of sp³-hybridized carbons (Fsp3) is 0.647. The van der Waals surface area contributed by atoms with Crippen molar-refractivity contribution in [2.24, 2.45) is 0 Å². The first kappa shape index (κ1) is 14.1. The van der Waals surface area contributed by atoms with Crippen molar-refractivity contribution in [1.29, 1.82) is 0 Å². The maximum atomic E-state index is 6.30. The summed E-state index contributed by atoms with van der Waals surface area (Å²) >= 11 is 0. The third kappa shape index (κ3) is 2.62. The lowest BCUT2D eigenvalue weighted by Crippen LogP contribution is -2.59. The maximum absolute atomic E-state index is 6.30. The van der Waals surface area contributed by atoms with E-state index in [1.165, 1.54) is 5.56 Å². The lowest BCUT2D eigenvalue weighted by Gasteiger charge is -2.53. The Morgan fingerprint density at radius 3 is 2.75 bits per heavy atom. The first-order valence-electron chi connectivity index (χ1n) is 7.57. The van der Waals surface area contributed by atoms with Crippen LogP contribution in [0.25, 0.3) is 0 Å². The molecule has 0 spiro atoms. The molecule has 3 rings (SSSR count). The average molecular weight is 276 g/mol. The first-order chi connectivity index (χ1) is 9.66. The Morgan fingerprint density at radius 2 is 2.00 bits per heavy atom. The van der Waals surface area contributed by atoms with E-state index in [2.05, 4.69) is 19.1 Å². The van der Waals surface area contributed by atoms with E-state index >= 15 is 0 Å². The fourth-order valence-electron chi connectivity index (χ4n) is 3.57. The molecule has 20 heavy (non-hydrogen) atoms. The van der Waals surface area contributed by atoms with Gasteiger partial charge in [0.25, 0.3) is 0 Å². The Hall–Kier alpha value is -0.900. The van der Waals surface area contributed by atoms with Crippen LogP contribution in [-0.2, 0) is 20.8 Å². The van der Waals surface area contributed by atoms with E-state index in [-0.39, 0.29) is 17.5 Å². The molecule has 2 heterocycles. The summed E-state index contributed by atoms with van der Waals surface area (Å²) < 4.78 is 18.1. The van der Waals surface area contributed by atoms with Crippen LogP contribution in [-0.4, -0.2) is 24.6 Å². The lowest BCUT2D eigenvalue weighted by atomic mass is 9.79. The van der Waals surface area contributed by atoms with Gasteiger partial charge in [0.05, 0.1) is 18.3 Å². The van der Waals surface area contributed by atoms with Crippen LogP contribution in [0.5, 0.6) is 0 Å². The molecule has 1 aromatic carbocycles. The summed E-state index contributed by atoms with van der Waals surface area (Å²) in [7, 11) is 1.76. The van der Waals surface area contributed by atoms with Crippen LogP contribution in [0.1, 0.15) is 44.6 Å². The summed E-state index contributed by atoms with van der Waals surface area (Å²) in [4.78, 5) is 0. The van der Waals surface area contributed by atoms with Gasteiger partial charge in [-0.05, 0) is 31.7 Å². The zero-order valence-electron chi connectivity index (χ0n) is 12.4. The number of hydrogen-bond donors (Lipinski definition) is 0. The molecule has 1 aromatic rings. The normalized spacial score (nSPS) is 36.8. The van der Waals surface area contributed by atoms with E-state index < -0.39 is 0 Å². The smallest absolute Gasteiger partial charge is 0.168 e. The summed E-state index contributed by atoms with van der Waals surface area (Å²) in [6.07, 6.45) is 5.30. The van der Waals surface area contributed by atoms with Gasteiger partial charge in [0.15, 0.2) is 5.79 Å². The minimum atomic E-state index is -0.362. The van der Waals surface area contributed by atoms with Crippen LogP contribution >= 0.6 is 0 Å². The molecule has 2 fully saturated rings. The summed E-state index contributed by atoms with van der Waals surface area (Å²) in [6.45, 7) is 2.83. The minimum absolute atomic E-state index is 0.159. The third-order valence-electron chi connectivity index (χ3n) is 4.78. The Kier molecular flexibility index (Phi) is 3.85. The van der Waals surface area contributed by atoms with Crippen LogP contribution < -0.4 is 0 Å². The zero-order valence-corrected chi connectivity index (χ0v) is 12.4. The Morgan fingerprint density at radius 1 is 1.20 bits per heavy atom. The van der Waals surface area contributed by atoms with Crippen molar-refractivity contribution in [3.8, 4) is 0 Å². The van der Waals surface area contributed by atoms with Gasteiger partial charge in [0.2, 0.25) is 0 Å². The van der Waals surface area contributed by atoms with Crippen molar-refractivity contribution >= 4 is 0 Å². The average Bonchev–Trinajstić information content (AvgIpc) is 2.47. The van der Waals surface area contributed by atoms with Crippen molar-refractivity contribution < 1.29 is 14.2 Å². The lowest BCUT2D eigenvalue weighted by molar-refractivity contribution is -0.349. The number of methoxy groups -OCH3 is 1. The van der Waals surface area contributed by atoms with Gasteiger partial charge in [0.1, 0.15) is 0 Å². The van der Waals surface area contributed by atoms with Crippen LogP contribution in [0.2, 0.25) is 0 Å². The van der Waals surface area contributed by atoms with Gasteiger partial charge in [-0.2, -0.15) is 0 Å². The molecule has 0 amide bonds. The molecule has 0 radical (unpaired) electrons. The molecule has 0 aliphatic carbocycles. The monoisotopic (exact) mass is 276 g/mol. The number of fused-ring (bicyclic) bond motifs is 2. The second kappa shape index (κ2) is 5.47. The molecule has 2 saturated heterocycles. The SMILES string of the molecule is CO[C@@]12CCC[C@@](C)(O1)[C@@H](OCc1ccccc1)CC2. The number of rotatable bonds is 4. The maximum Gasteiger partial charge on any atom is 0.168 e. The van der Waals surface area contributed by atoms with Crippen molar-refractivity contribution in [3.05, 3.63) is 35.9 Å². The predicted molar refractivity (Wildman–Crippen MR) is 77.3 cm³/mol. The summed E-state index contributed by atoms with van der Waals surface area (Å²) in [6, 6.07) is 10.3. The zero-order chi connectivity index (χ0) is 14.1. The van der Waals surface area contributed by atoms with E-state index in [4.69, 9.17) is 14.2 Å². The van der Waals surface area contributed by atoms with Crippen LogP contribution in [0.4, 0.5) is 0 Å². The van der Waals surface area contributed by atoms with Crippen LogP contribution in [0.15, 0.2) is 30.3 Å². The van der Waals surface area contributed by atoms with E-state index in [0.29, 0.717) is 6.61 Å². The largest absolute Gasteiger partial charge is 0.371 e. The molecular formula is C17H24O3. The van der Waals surface area contributed by atoms with Crippen molar-refractivity contribution in [2.45, 2.75) is 63.1 Å². The molecule has 2 aliphatic rings. The topological polar surface area (TPSA) is 27.7 Å². The molecule has 3 atom stereocenters. The van der Waals surface area contributed by atoms with E-state index in [1.807, 2.05) is 18.2 Å². The van der Waals surface area contributed by atoms with Crippen LogP contribution in [0.3, 0.4) is 0 Å². The van der Waals surface area contributed by atoms with Gasteiger partial charge in [0, 0.05) is 20.0 Å². The molecule has 2 aliphatic heterocycles. The molecular weight excluding hydrogens is 252 g/mol. The molecule has 0 aromatic heterocycles. The second-order valence-corrected chi connectivity index (χ2v) is 6.21. The predicted octanol–water partition coefficient (Wildman–Crippen LogP) is 3.67. The molecule has 3 nitrogen and oxygen atoms in total. The number of benzene rings is 1. The molecule has 0 N–H and O–H groups in total. The highest BCUT2D eigenvalue weighted by atomic mass is 16.7. The first-order valence-corrected chi connectivity index (χ1v) is 7.57. The highest BCUT2D eigenvalue weighted by Crippen LogP contribution is 2.47. The van der Waals surface area contributed by atoms with Crippen molar-refractivity contribution in [1.82, 2.24) is 0 Å². The van der Waals surface area contributed by atoms with Crippen LogP contribution in [0, 0.1) is 0 Å². The van der Waals surface area contributed by atoms with Gasteiger partial charge in [-0.15, -0.1) is 0 Å². The molecule has 110 valence electrons. The van der Waals surface area contributed by atoms with Gasteiger partial charge in [-0.25, -0.2) is 0 Å². The van der Waals surface area contributed by atoms with E-state index in [9.17, 15) is 0 Å². The standard InChI is InChI=1S/C17H24O3/c1-16-10-6-11-17(18-2,20-16)12-9-15(16)19-13-14-7-4-3-5-8-14/h3-5,7-8,15H,6,9-13H2,1-2H3/t15-,16+,17-/m0/s1. The van der Waals surface area contributed by atoms with E-state index in [0.717, 1.165) is 32.1 Å². The fourth-order valence-corrected chi connectivity index (χ4v) is 3.57. The Labute approximate surface area is 121 Å². The van der Waals surface area contributed by atoms with Gasteiger partial charge in [-0.3, -0.25) is 0 Å². The molecule has 2 bridgehead atoms. The van der Waals surface area contributed by atoms with Crippen molar-refractivity contribution in [2.75, 3.05) is 7.11 Å². The highest BCUT2D eigenvalue weighted by molar-refractivity contribution is 5.13. The Bertz CT molecular complexity index is 447. The molecule has 0 saturated carbocycles. The summed E-state index contributed by atoms with van der Waals surface area (Å²) in [5.41, 5.74) is 1.01.